The van der Waals surface area contributed by atoms with E-state index in [2.05, 4.69) is 15.3 Å². The van der Waals surface area contributed by atoms with Crippen LogP contribution in [0.5, 0.6) is 11.6 Å². The number of anilines is 2. The Kier molecular flexibility index (Phi) is 9.20. The summed E-state index contributed by atoms with van der Waals surface area (Å²) in [6, 6.07) is 21.8. The van der Waals surface area contributed by atoms with Crippen LogP contribution in [0.1, 0.15) is 44.8 Å². The van der Waals surface area contributed by atoms with Crippen molar-refractivity contribution in [2.24, 2.45) is 5.41 Å². The van der Waals surface area contributed by atoms with Crippen LogP contribution in [0.15, 0.2) is 78.9 Å². The van der Waals surface area contributed by atoms with Crippen LogP contribution < -0.4 is 30.5 Å². The summed E-state index contributed by atoms with van der Waals surface area (Å²) >= 11 is 0. The zero-order chi connectivity index (χ0) is 34.1. The summed E-state index contributed by atoms with van der Waals surface area (Å²) in [5, 5.41) is 14.4. The minimum atomic E-state index is -4.80. The van der Waals surface area contributed by atoms with E-state index in [4.69, 9.17) is 15.2 Å². The van der Waals surface area contributed by atoms with Gasteiger partial charge in [0.05, 0.1) is 12.1 Å². The van der Waals surface area contributed by atoms with Gasteiger partial charge in [0.15, 0.2) is 0 Å². The van der Waals surface area contributed by atoms with E-state index >= 15 is 0 Å². The number of carbonyl (C=O) groups excluding carboxylic acids is 1. The largest absolute Gasteiger partial charge is 0.548 e. The van der Waals surface area contributed by atoms with Crippen molar-refractivity contribution in [1.82, 2.24) is 15.3 Å². The Labute approximate surface area is 276 Å². The molecule has 2 aliphatic heterocycles. The lowest BCUT2D eigenvalue weighted by atomic mass is 9.76. The molecule has 48 heavy (non-hydrogen) atoms. The van der Waals surface area contributed by atoms with Crippen LogP contribution in [0.25, 0.3) is 22.3 Å². The second-order valence-electron chi connectivity index (χ2n) is 12.8. The predicted octanol–water partition coefficient (Wildman–Crippen LogP) is 5.56. The molecule has 2 saturated heterocycles. The van der Waals surface area contributed by atoms with Gasteiger partial charge in [-0.3, -0.25) is 0 Å². The number of nitrogens with zero attached hydrogens (tertiary/aromatic N) is 3. The third-order valence-electron chi connectivity index (χ3n) is 9.02. The van der Waals surface area contributed by atoms with E-state index in [-0.39, 0.29) is 28.9 Å². The Morgan fingerprint density at radius 2 is 1.65 bits per heavy atom. The number of piperidine rings is 1. The van der Waals surface area contributed by atoms with E-state index in [1.807, 2.05) is 43.0 Å². The molecule has 1 spiro atoms. The molecule has 12 heteroatoms. The highest BCUT2D eigenvalue weighted by Gasteiger charge is 2.45. The third-order valence-corrected chi connectivity index (χ3v) is 9.02. The highest BCUT2D eigenvalue weighted by Crippen LogP contribution is 2.44. The molecular weight excluding hydrogens is 623 g/mol. The molecule has 3 aromatic carbocycles. The Bertz CT molecular complexity index is 1740. The monoisotopic (exact) mass is 660 g/mol. The molecule has 3 heterocycles. The quantitative estimate of drug-likeness (QED) is 0.237. The maximum absolute atomic E-state index is 14.9. The second kappa shape index (κ2) is 13.3. The van der Waals surface area contributed by atoms with Gasteiger partial charge in [-0.2, -0.15) is 23.1 Å². The van der Waals surface area contributed by atoms with E-state index in [0.717, 1.165) is 11.1 Å². The summed E-state index contributed by atoms with van der Waals surface area (Å²) in [4.78, 5) is 21.6. The fraction of sp³-hybridized carbons (Fsp3) is 0.361. The zero-order valence-corrected chi connectivity index (χ0v) is 26.7. The molecule has 2 fully saturated rings. The number of benzene rings is 3. The van der Waals surface area contributed by atoms with Gasteiger partial charge in [-0.25, -0.2) is 0 Å². The molecule has 1 aromatic heterocycles. The summed E-state index contributed by atoms with van der Waals surface area (Å²) in [5.41, 5.74) is 8.24. The molecule has 0 bridgehead atoms. The Balaban J connectivity index is 1.29. The van der Waals surface area contributed by atoms with Gasteiger partial charge < -0.3 is 35.3 Å². The van der Waals surface area contributed by atoms with Crippen LogP contribution in [-0.2, 0) is 4.79 Å². The highest BCUT2D eigenvalue weighted by molar-refractivity contribution is 5.76. The van der Waals surface area contributed by atoms with E-state index in [1.54, 1.807) is 42.5 Å². The average Bonchev–Trinajstić information content (AvgIpc) is 3.47. The van der Waals surface area contributed by atoms with Crippen LogP contribution in [0.2, 0.25) is 0 Å². The number of nitrogens with two attached hydrogens (primary N) is 1. The molecule has 2 atom stereocenters. The number of hydrogen-bond acceptors (Lipinski definition) is 9. The van der Waals surface area contributed by atoms with Crippen LogP contribution in [-0.4, -0.2) is 53.9 Å². The number of hydrogen-bond donors (Lipinski definition) is 2. The second-order valence-corrected chi connectivity index (χ2v) is 12.8. The number of carboxylic acid groups (broad SMARTS) is 1. The van der Waals surface area contributed by atoms with E-state index in [1.165, 1.54) is 12.1 Å². The molecule has 9 nitrogen and oxygen atoms in total. The number of alkyl halides is 3. The van der Waals surface area contributed by atoms with Crippen molar-refractivity contribution in [2.45, 2.75) is 57.5 Å². The number of carbonyl (C=O) groups is 1. The first-order valence-corrected chi connectivity index (χ1v) is 15.9. The first kappa shape index (κ1) is 33.1. The molecule has 4 aromatic rings. The number of aromatic nitrogens is 2. The number of ether oxygens (including phenoxy) is 2. The van der Waals surface area contributed by atoms with Crippen LogP contribution in [0.3, 0.4) is 0 Å². The first-order chi connectivity index (χ1) is 22.9. The van der Waals surface area contributed by atoms with Gasteiger partial charge in [-0.15, -0.1) is 0 Å². The predicted molar refractivity (Wildman–Crippen MR) is 174 cm³/mol. The van der Waals surface area contributed by atoms with Gasteiger partial charge in [-0.05, 0) is 79.0 Å². The van der Waals surface area contributed by atoms with E-state index in [9.17, 15) is 23.1 Å². The van der Waals surface area contributed by atoms with Gasteiger partial charge in [-0.1, -0.05) is 54.6 Å². The lowest BCUT2D eigenvalue weighted by Gasteiger charge is -2.39. The van der Waals surface area contributed by atoms with Crippen molar-refractivity contribution >= 4 is 17.7 Å². The molecular formula is C36H37F3N5O4-. The van der Waals surface area contributed by atoms with E-state index < -0.39 is 24.3 Å². The van der Waals surface area contributed by atoms with Crippen LogP contribution in [0.4, 0.5) is 24.9 Å². The molecule has 3 N–H and O–H groups in total. The smallest absolute Gasteiger partial charge is 0.429 e. The summed E-state index contributed by atoms with van der Waals surface area (Å²) in [5.74, 6) is -0.587. The van der Waals surface area contributed by atoms with Crippen LogP contribution >= 0.6 is 0 Å². The molecule has 6 rings (SSSR count). The number of aliphatic carboxylic acids is 1. The van der Waals surface area contributed by atoms with Gasteiger partial charge in [0, 0.05) is 37.3 Å². The minimum Gasteiger partial charge on any atom is -0.548 e. The number of nitrogens with one attached hydrogen (secondary N) is 1. The van der Waals surface area contributed by atoms with Crippen molar-refractivity contribution in [2.75, 3.05) is 30.3 Å². The number of nitrogen functional groups attached to an aromatic ring is 1. The molecule has 0 aliphatic carbocycles. The number of halogens is 3. The molecule has 2 aliphatic rings. The van der Waals surface area contributed by atoms with Crippen LogP contribution in [0, 0.1) is 5.41 Å². The maximum Gasteiger partial charge on any atom is 0.429 e. The topological polar surface area (TPSA) is 126 Å². The van der Waals surface area contributed by atoms with Gasteiger partial charge in [0.1, 0.15) is 11.6 Å². The summed E-state index contributed by atoms with van der Waals surface area (Å²) < 4.78 is 56.1. The fourth-order valence-electron chi connectivity index (χ4n) is 6.59. The maximum atomic E-state index is 14.9. The van der Waals surface area contributed by atoms with E-state index in [0.29, 0.717) is 61.6 Å². The molecule has 0 amide bonds. The third kappa shape index (κ3) is 7.33. The number of carboxylic acids is 1. The average molecular weight is 661 g/mol. The minimum absolute atomic E-state index is 0.00777. The van der Waals surface area contributed by atoms with Crippen molar-refractivity contribution in [3.8, 4) is 33.9 Å². The SMILES string of the molecule is CC(C)Oc1ccc(-c2ccc([C@@H](Oc3cc(N4CCC5(CC4)CNC(C(=O)[O-])C5)nc(N)n3)C(F)(F)F)c(-c3ccccc3)c2)cc1. The lowest BCUT2D eigenvalue weighted by Crippen LogP contribution is -2.42. The molecule has 252 valence electrons. The van der Waals surface area contributed by atoms with Crippen molar-refractivity contribution in [3.05, 3.63) is 84.4 Å². The zero-order valence-electron chi connectivity index (χ0n) is 26.7. The lowest BCUT2D eigenvalue weighted by molar-refractivity contribution is -0.308. The highest BCUT2D eigenvalue weighted by atomic mass is 19.4. The van der Waals surface area contributed by atoms with Gasteiger partial charge in [0.25, 0.3) is 0 Å². The summed E-state index contributed by atoms with van der Waals surface area (Å²) in [7, 11) is 0. The van der Waals surface area contributed by atoms with Gasteiger partial charge >= 0.3 is 6.18 Å². The molecule has 1 unspecified atom stereocenters. The van der Waals surface area contributed by atoms with Crippen molar-refractivity contribution in [1.29, 1.82) is 0 Å². The normalized spacial score (nSPS) is 18.2. The Morgan fingerprint density at radius 1 is 0.958 bits per heavy atom. The number of rotatable bonds is 9. The summed E-state index contributed by atoms with van der Waals surface area (Å²) in [6.45, 7) is 5.47. The summed E-state index contributed by atoms with van der Waals surface area (Å²) in [6.07, 6.45) is -5.33. The Hall–Kier alpha value is -4.84. The Morgan fingerprint density at radius 3 is 2.27 bits per heavy atom. The standard InChI is InChI=1S/C36H38F3N5O4/c1-22(2)47-26-11-8-23(9-12-26)25-10-13-27(28(18-25)24-6-4-3-5-7-24)32(36(37,38)39)48-31-19-30(42-34(40)43-31)44-16-14-35(15-17-44)20-29(33(45)46)41-21-35/h3-13,18-19,22,29,32,41H,14-17,20-21H2,1-2H3,(H,45,46)(H2,40,42,43)/p-1/t29?,32-/m1/s1. The van der Waals surface area contributed by atoms with Crippen molar-refractivity contribution < 1.29 is 32.5 Å². The fourth-order valence-corrected chi connectivity index (χ4v) is 6.59. The van der Waals surface area contributed by atoms with Gasteiger partial charge in [0.2, 0.25) is 17.9 Å². The molecule has 0 radical (unpaired) electrons. The molecule has 0 saturated carbocycles. The van der Waals surface area contributed by atoms with Crippen molar-refractivity contribution in [3.63, 3.8) is 0 Å². The first-order valence-electron chi connectivity index (χ1n) is 15.9.